The molecular weight excluding hydrogens is 220 g/mol. The second-order valence-electron chi connectivity index (χ2n) is 4.75. The highest BCUT2D eigenvalue weighted by Crippen LogP contribution is 2.16. The van der Waals surface area contributed by atoms with E-state index in [1.807, 2.05) is 12.4 Å². The first-order chi connectivity index (χ1) is 8.68. The number of hydrogen-bond acceptors (Lipinski definition) is 2. The lowest BCUT2D eigenvalue weighted by molar-refractivity contribution is 0.571. The van der Waals surface area contributed by atoms with Crippen molar-refractivity contribution in [3.8, 4) is 0 Å². The minimum atomic E-state index is 0.340. The number of aryl methyl sites for hydroxylation is 2. The molecule has 1 heterocycles. The Hall–Kier alpha value is -1.67. The van der Waals surface area contributed by atoms with Crippen molar-refractivity contribution in [2.24, 2.45) is 0 Å². The Balaban J connectivity index is 2.04. The molecule has 0 spiro atoms. The van der Waals surface area contributed by atoms with Gasteiger partial charge in [0.05, 0.1) is 0 Å². The quantitative estimate of drug-likeness (QED) is 0.884. The molecule has 0 bridgehead atoms. The molecule has 0 saturated heterocycles. The van der Waals surface area contributed by atoms with Crippen LogP contribution >= 0.6 is 0 Å². The zero-order valence-electron chi connectivity index (χ0n) is 11.3. The average Bonchev–Trinajstić information content (AvgIpc) is 2.39. The van der Waals surface area contributed by atoms with Crippen molar-refractivity contribution >= 4 is 0 Å². The lowest BCUT2D eigenvalue weighted by Gasteiger charge is -2.16. The van der Waals surface area contributed by atoms with Gasteiger partial charge in [0.2, 0.25) is 0 Å². The zero-order valence-corrected chi connectivity index (χ0v) is 11.3. The van der Waals surface area contributed by atoms with Crippen molar-refractivity contribution in [3.05, 3.63) is 65.0 Å². The van der Waals surface area contributed by atoms with Gasteiger partial charge in [-0.05, 0) is 55.2 Å². The molecule has 0 unspecified atom stereocenters. The monoisotopic (exact) mass is 240 g/mol. The van der Waals surface area contributed by atoms with Gasteiger partial charge in [0.15, 0.2) is 0 Å². The molecule has 0 radical (unpaired) electrons. The van der Waals surface area contributed by atoms with Crippen molar-refractivity contribution < 1.29 is 0 Å². The number of nitrogens with zero attached hydrogens (tertiary/aromatic N) is 1. The maximum atomic E-state index is 4.05. The molecule has 2 rings (SSSR count). The molecule has 94 valence electrons. The molecule has 18 heavy (non-hydrogen) atoms. The van der Waals surface area contributed by atoms with Crippen LogP contribution in [0.15, 0.2) is 42.7 Å². The van der Waals surface area contributed by atoms with Gasteiger partial charge in [-0.1, -0.05) is 18.2 Å². The first-order valence-corrected chi connectivity index (χ1v) is 6.37. The fraction of sp³-hybridized carbons (Fsp3) is 0.312. The van der Waals surface area contributed by atoms with Gasteiger partial charge in [0, 0.05) is 25.0 Å². The van der Waals surface area contributed by atoms with Crippen molar-refractivity contribution in [1.82, 2.24) is 10.3 Å². The summed E-state index contributed by atoms with van der Waals surface area (Å²) in [4.78, 5) is 4.05. The molecule has 2 heteroatoms. The average molecular weight is 240 g/mol. The smallest absolute Gasteiger partial charge is 0.0296 e. The molecule has 2 aromatic rings. The minimum Gasteiger partial charge on any atom is -0.306 e. The van der Waals surface area contributed by atoms with E-state index in [1.54, 1.807) is 0 Å². The highest BCUT2D eigenvalue weighted by atomic mass is 14.9. The fourth-order valence-electron chi connectivity index (χ4n) is 2.15. The number of pyridine rings is 1. The van der Waals surface area contributed by atoms with Crippen LogP contribution in [0.5, 0.6) is 0 Å². The standard InChI is InChI=1S/C16H20N2/c1-12-5-4-6-13(2)16(12)11-18-14(3)15-7-9-17-10-8-15/h4-10,14,18H,11H2,1-3H3/t14-/m0/s1. The molecule has 0 aliphatic rings. The maximum absolute atomic E-state index is 4.05. The second-order valence-corrected chi connectivity index (χ2v) is 4.75. The molecule has 1 N–H and O–H groups in total. The summed E-state index contributed by atoms with van der Waals surface area (Å²) in [5, 5.41) is 3.57. The summed E-state index contributed by atoms with van der Waals surface area (Å²) in [6.07, 6.45) is 3.68. The van der Waals surface area contributed by atoms with E-state index in [0.29, 0.717) is 6.04 Å². The third-order valence-corrected chi connectivity index (χ3v) is 3.44. The van der Waals surface area contributed by atoms with Crippen molar-refractivity contribution in [3.63, 3.8) is 0 Å². The maximum Gasteiger partial charge on any atom is 0.0296 e. The lowest BCUT2D eigenvalue weighted by atomic mass is 10.0. The Morgan fingerprint density at radius 1 is 1.06 bits per heavy atom. The second kappa shape index (κ2) is 5.78. The summed E-state index contributed by atoms with van der Waals surface area (Å²) in [5.41, 5.74) is 5.38. The SMILES string of the molecule is Cc1cccc(C)c1CN[C@@H](C)c1ccncc1. The van der Waals surface area contributed by atoms with Crippen LogP contribution in [0.2, 0.25) is 0 Å². The fourth-order valence-corrected chi connectivity index (χ4v) is 2.15. The molecule has 0 fully saturated rings. The van der Waals surface area contributed by atoms with Gasteiger partial charge in [-0.15, -0.1) is 0 Å². The van der Waals surface area contributed by atoms with Crippen LogP contribution in [0.4, 0.5) is 0 Å². The van der Waals surface area contributed by atoms with E-state index < -0.39 is 0 Å². The van der Waals surface area contributed by atoms with Crippen molar-refractivity contribution in [2.75, 3.05) is 0 Å². The molecule has 1 aromatic carbocycles. The summed E-state index contributed by atoms with van der Waals surface area (Å²) in [5.74, 6) is 0. The summed E-state index contributed by atoms with van der Waals surface area (Å²) >= 11 is 0. The van der Waals surface area contributed by atoms with Gasteiger partial charge in [-0.3, -0.25) is 4.98 Å². The summed E-state index contributed by atoms with van der Waals surface area (Å²) in [6, 6.07) is 10.9. The molecule has 0 saturated carbocycles. The highest BCUT2D eigenvalue weighted by Gasteiger charge is 2.06. The topological polar surface area (TPSA) is 24.9 Å². The van der Waals surface area contributed by atoms with E-state index in [0.717, 1.165) is 6.54 Å². The van der Waals surface area contributed by atoms with Crippen molar-refractivity contribution in [2.45, 2.75) is 33.4 Å². The molecule has 1 atom stereocenters. The van der Waals surface area contributed by atoms with Crippen molar-refractivity contribution in [1.29, 1.82) is 0 Å². The minimum absolute atomic E-state index is 0.340. The number of rotatable bonds is 4. The summed E-state index contributed by atoms with van der Waals surface area (Å²) in [7, 11) is 0. The van der Waals surface area contributed by atoms with E-state index in [-0.39, 0.29) is 0 Å². The van der Waals surface area contributed by atoms with Gasteiger partial charge in [-0.25, -0.2) is 0 Å². The summed E-state index contributed by atoms with van der Waals surface area (Å²) < 4.78 is 0. The summed E-state index contributed by atoms with van der Waals surface area (Å²) in [6.45, 7) is 7.42. The Morgan fingerprint density at radius 3 is 2.28 bits per heavy atom. The van der Waals surface area contributed by atoms with Crippen LogP contribution in [0, 0.1) is 13.8 Å². The highest BCUT2D eigenvalue weighted by molar-refractivity contribution is 5.33. The van der Waals surface area contributed by atoms with Gasteiger partial charge >= 0.3 is 0 Å². The predicted octanol–water partition coefficient (Wildman–Crippen LogP) is 3.55. The number of hydrogen-bond donors (Lipinski definition) is 1. The lowest BCUT2D eigenvalue weighted by Crippen LogP contribution is -2.19. The number of benzene rings is 1. The van der Waals surface area contributed by atoms with Crippen LogP contribution < -0.4 is 5.32 Å². The van der Waals surface area contributed by atoms with Gasteiger partial charge in [0.25, 0.3) is 0 Å². The van der Waals surface area contributed by atoms with E-state index in [2.05, 4.69) is 61.4 Å². The molecular formula is C16H20N2. The van der Waals surface area contributed by atoms with E-state index in [9.17, 15) is 0 Å². The Kier molecular flexibility index (Phi) is 4.11. The Morgan fingerprint density at radius 2 is 1.67 bits per heavy atom. The van der Waals surface area contributed by atoms with Crippen LogP contribution in [-0.4, -0.2) is 4.98 Å². The van der Waals surface area contributed by atoms with Crippen LogP contribution in [0.25, 0.3) is 0 Å². The normalized spacial score (nSPS) is 12.4. The van der Waals surface area contributed by atoms with Crippen LogP contribution in [-0.2, 0) is 6.54 Å². The predicted molar refractivity (Wildman–Crippen MR) is 75.4 cm³/mol. The number of nitrogens with one attached hydrogen (secondary N) is 1. The zero-order chi connectivity index (χ0) is 13.0. The first kappa shape index (κ1) is 12.8. The van der Waals surface area contributed by atoms with Crippen LogP contribution in [0.3, 0.4) is 0 Å². The Labute approximate surface area is 109 Å². The third-order valence-electron chi connectivity index (χ3n) is 3.44. The molecule has 0 aliphatic carbocycles. The third kappa shape index (κ3) is 2.96. The van der Waals surface area contributed by atoms with E-state index >= 15 is 0 Å². The molecule has 0 aliphatic heterocycles. The van der Waals surface area contributed by atoms with Crippen LogP contribution in [0.1, 0.15) is 35.2 Å². The molecule has 1 aromatic heterocycles. The van der Waals surface area contributed by atoms with E-state index in [4.69, 9.17) is 0 Å². The molecule has 2 nitrogen and oxygen atoms in total. The van der Waals surface area contributed by atoms with Gasteiger partial charge in [-0.2, -0.15) is 0 Å². The van der Waals surface area contributed by atoms with E-state index in [1.165, 1.54) is 22.3 Å². The first-order valence-electron chi connectivity index (χ1n) is 6.37. The largest absolute Gasteiger partial charge is 0.306 e. The van der Waals surface area contributed by atoms with Gasteiger partial charge in [0.1, 0.15) is 0 Å². The number of aromatic nitrogens is 1. The Bertz CT molecular complexity index is 486. The van der Waals surface area contributed by atoms with Gasteiger partial charge < -0.3 is 5.32 Å². The molecule has 0 amide bonds.